The van der Waals surface area contributed by atoms with Gasteiger partial charge in [-0.15, -0.1) is 0 Å². The molecule has 0 aliphatic carbocycles. The second-order valence-corrected chi connectivity index (χ2v) is 2.44. The van der Waals surface area contributed by atoms with Crippen molar-refractivity contribution < 1.29 is 14.3 Å². The van der Waals surface area contributed by atoms with E-state index in [1.807, 2.05) is 13.0 Å². The van der Waals surface area contributed by atoms with E-state index in [1.165, 1.54) is 0 Å². The van der Waals surface area contributed by atoms with Gasteiger partial charge in [-0.05, 0) is 6.42 Å². The monoisotopic (exact) mass is 154 g/mol. The Kier molecular flexibility index (Phi) is 2.41. The van der Waals surface area contributed by atoms with Gasteiger partial charge in [-0.2, -0.15) is 0 Å². The van der Waals surface area contributed by atoms with E-state index < -0.39 is 11.9 Å². The molecule has 1 aliphatic rings. The third-order valence-electron chi connectivity index (χ3n) is 1.51. The Bertz CT molecular complexity index is 205. The van der Waals surface area contributed by atoms with Crippen molar-refractivity contribution in [2.45, 2.75) is 19.8 Å². The fourth-order valence-corrected chi connectivity index (χ4v) is 0.939. The predicted octanol–water partition coefficient (Wildman–Crippen LogP) is 1.04. The quantitative estimate of drug-likeness (QED) is 0.339. The Morgan fingerprint density at radius 1 is 1.64 bits per heavy atom. The number of carbonyl (C=O) groups excluding carboxylic acids is 2. The summed E-state index contributed by atoms with van der Waals surface area (Å²) in [6, 6.07) is 0. The van der Waals surface area contributed by atoms with Crippen LogP contribution in [0, 0.1) is 5.92 Å². The van der Waals surface area contributed by atoms with E-state index in [9.17, 15) is 9.59 Å². The molecule has 1 saturated heterocycles. The van der Waals surface area contributed by atoms with Crippen molar-refractivity contribution >= 4 is 11.9 Å². The average Bonchev–Trinajstić information content (AvgIpc) is 2.26. The number of cyclic esters (lactones) is 2. The number of esters is 2. The first-order chi connectivity index (χ1) is 5.24. The Morgan fingerprint density at radius 3 is 2.82 bits per heavy atom. The predicted molar refractivity (Wildman–Crippen MR) is 38.6 cm³/mol. The van der Waals surface area contributed by atoms with Crippen LogP contribution < -0.4 is 0 Å². The second kappa shape index (κ2) is 3.32. The van der Waals surface area contributed by atoms with Crippen LogP contribution in [-0.4, -0.2) is 11.9 Å². The third-order valence-corrected chi connectivity index (χ3v) is 1.51. The lowest BCUT2D eigenvalue weighted by Crippen LogP contribution is -2.03. The van der Waals surface area contributed by atoms with E-state index in [-0.39, 0.29) is 12.3 Å². The molecule has 11 heavy (non-hydrogen) atoms. The first-order valence-corrected chi connectivity index (χ1v) is 3.65. The lowest BCUT2D eigenvalue weighted by atomic mass is 10.1. The second-order valence-electron chi connectivity index (χ2n) is 2.44. The molecule has 0 N–H and O–H groups in total. The molecule has 0 bridgehead atoms. The van der Waals surface area contributed by atoms with Crippen LogP contribution >= 0.6 is 0 Å². The molecule has 0 aromatic carbocycles. The van der Waals surface area contributed by atoms with Gasteiger partial charge in [0.1, 0.15) is 0 Å². The summed E-state index contributed by atoms with van der Waals surface area (Å²) in [6.07, 6.45) is 4.67. The summed E-state index contributed by atoms with van der Waals surface area (Å²) in [5.74, 6) is -1.16. The van der Waals surface area contributed by atoms with Crippen molar-refractivity contribution in [3.8, 4) is 0 Å². The van der Waals surface area contributed by atoms with Crippen LogP contribution in [0.1, 0.15) is 19.8 Å². The van der Waals surface area contributed by atoms with Crippen LogP contribution in [0.2, 0.25) is 0 Å². The van der Waals surface area contributed by atoms with Crippen LogP contribution in [-0.2, 0) is 14.3 Å². The van der Waals surface area contributed by atoms with Crippen LogP contribution in [0.4, 0.5) is 0 Å². The summed E-state index contributed by atoms with van der Waals surface area (Å²) in [5.41, 5.74) is 0. The molecule has 1 atom stereocenters. The maximum Gasteiger partial charge on any atom is 0.321 e. The van der Waals surface area contributed by atoms with Gasteiger partial charge in [0, 0.05) is 0 Å². The van der Waals surface area contributed by atoms with Crippen LogP contribution in [0.25, 0.3) is 0 Å². The van der Waals surface area contributed by atoms with Gasteiger partial charge in [0.05, 0.1) is 12.3 Å². The zero-order chi connectivity index (χ0) is 8.27. The topological polar surface area (TPSA) is 43.4 Å². The van der Waals surface area contributed by atoms with Crippen molar-refractivity contribution in [3.63, 3.8) is 0 Å². The maximum atomic E-state index is 10.8. The zero-order valence-electron chi connectivity index (χ0n) is 6.37. The van der Waals surface area contributed by atoms with Gasteiger partial charge >= 0.3 is 11.9 Å². The number of ether oxygens (including phenoxy) is 1. The minimum atomic E-state index is -0.417. The largest absolute Gasteiger partial charge is 0.393 e. The molecular weight excluding hydrogens is 144 g/mol. The molecule has 0 saturated carbocycles. The maximum absolute atomic E-state index is 10.8. The van der Waals surface area contributed by atoms with Crippen molar-refractivity contribution in [3.05, 3.63) is 12.2 Å². The van der Waals surface area contributed by atoms with Gasteiger partial charge in [0.15, 0.2) is 0 Å². The normalized spacial score (nSPS) is 24.6. The van der Waals surface area contributed by atoms with Crippen molar-refractivity contribution in [1.82, 2.24) is 0 Å². The molecule has 3 nitrogen and oxygen atoms in total. The molecule has 0 spiro atoms. The zero-order valence-corrected chi connectivity index (χ0v) is 6.37. The molecule has 1 aliphatic heterocycles. The summed E-state index contributed by atoms with van der Waals surface area (Å²) in [7, 11) is 0. The molecule has 0 radical (unpaired) electrons. The standard InChI is InChI=1S/C8H10O3/c1-2-3-4-6-5-7(9)11-8(6)10/h3-4,6H,2,5H2,1H3. The number of hydrogen-bond acceptors (Lipinski definition) is 3. The van der Waals surface area contributed by atoms with Crippen molar-refractivity contribution in [2.75, 3.05) is 0 Å². The minimum Gasteiger partial charge on any atom is -0.393 e. The summed E-state index contributed by atoms with van der Waals surface area (Å²) in [4.78, 5) is 21.3. The van der Waals surface area contributed by atoms with E-state index in [0.29, 0.717) is 0 Å². The first-order valence-electron chi connectivity index (χ1n) is 3.65. The highest BCUT2D eigenvalue weighted by Crippen LogP contribution is 2.16. The Hall–Kier alpha value is -1.12. The van der Waals surface area contributed by atoms with E-state index in [2.05, 4.69) is 4.74 Å². The Morgan fingerprint density at radius 2 is 2.36 bits per heavy atom. The molecule has 1 unspecified atom stereocenters. The number of rotatable bonds is 2. The van der Waals surface area contributed by atoms with Gasteiger partial charge in [0.2, 0.25) is 0 Å². The lowest BCUT2D eigenvalue weighted by Gasteiger charge is -1.92. The summed E-state index contributed by atoms with van der Waals surface area (Å²) < 4.78 is 4.34. The van der Waals surface area contributed by atoms with Crippen LogP contribution in [0.3, 0.4) is 0 Å². The van der Waals surface area contributed by atoms with E-state index >= 15 is 0 Å². The SMILES string of the molecule is CCC=CC1CC(=O)OC1=O. The molecule has 1 fully saturated rings. The highest BCUT2D eigenvalue weighted by Gasteiger charge is 2.30. The number of carbonyl (C=O) groups is 2. The first kappa shape index (κ1) is 7.98. The van der Waals surface area contributed by atoms with Gasteiger partial charge in [-0.1, -0.05) is 19.1 Å². The molecule has 1 rings (SSSR count). The fourth-order valence-electron chi connectivity index (χ4n) is 0.939. The molecule has 0 amide bonds. The molecule has 3 heteroatoms. The van der Waals surface area contributed by atoms with Crippen LogP contribution in [0.15, 0.2) is 12.2 Å². The van der Waals surface area contributed by atoms with Gasteiger partial charge < -0.3 is 4.74 Å². The number of allylic oxidation sites excluding steroid dienone is 1. The highest BCUT2D eigenvalue weighted by atomic mass is 16.6. The lowest BCUT2D eigenvalue weighted by molar-refractivity contribution is -0.152. The molecular formula is C8H10O3. The minimum absolute atomic E-state index is 0.204. The highest BCUT2D eigenvalue weighted by molar-refractivity contribution is 5.95. The van der Waals surface area contributed by atoms with E-state index in [0.717, 1.165) is 6.42 Å². The van der Waals surface area contributed by atoms with Crippen molar-refractivity contribution in [1.29, 1.82) is 0 Å². The van der Waals surface area contributed by atoms with Crippen LogP contribution in [0.5, 0.6) is 0 Å². The van der Waals surface area contributed by atoms with Gasteiger partial charge in [-0.3, -0.25) is 9.59 Å². The fraction of sp³-hybridized carbons (Fsp3) is 0.500. The Balaban J connectivity index is 2.53. The van der Waals surface area contributed by atoms with Crippen molar-refractivity contribution in [2.24, 2.45) is 5.92 Å². The molecule has 1 heterocycles. The molecule has 0 aromatic heterocycles. The smallest absolute Gasteiger partial charge is 0.321 e. The molecule has 0 aromatic rings. The summed E-state index contributed by atoms with van der Waals surface area (Å²) in [5, 5.41) is 0. The van der Waals surface area contributed by atoms with Gasteiger partial charge in [0.25, 0.3) is 0 Å². The summed E-state index contributed by atoms with van der Waals surface area (Å²) in [6.45, 7) is 1.97. The Labute approximate surface area is 65.0 Å². The third kappa shape index (κ3) is 1.90. The van der Waals surface area contributed by atoms with E-state index in [4.69, 9.17) is 0 Å². The molecule has 60 valence electrons. The average molecular weight is 154 g/mol. The number of hydrogen-bond donors (Lipinski definition) is 0. The van der Waals surface area contributed by atoms with Gasteiger partial charge in [-0.25, -0.2) is 0 Å². The summed E-state index contributed by atoms with van der Waals surface area (Å²) >= 11 is 0. The van der Waals surface area contributed by atoms with E-state index in [1.54, 1.807) is 6.08 Å².